The minimum Gasteiger partial charge on any atom is -0.497 e. The summed E-state index contributed by atoms with van der Waals surface area (Å²) in [5.74, 6) is 0.795. The molecule has 22 heavy (non-hydrogen) atoms. The van der Waals surface area contributed by atoms with E-state index in [1.165, 1.54) is 11.3 Å². The van der Waals surface area contributed by atoms with Crippen LogP contribution < -0.4 is 10.3 Å². The molecule has 4 nitrogen and oxygen atoms in total. The molecule has 4 aromatic rings. The summed E-state index contributed by atoms with van der Waals surface area (Å²) in [6.07, 6.45) is 0. The number of fused-ring (bicyclic) bond motifs is 3. The number of ether oxygens (including phenoxy) is 1. The number of rotatable bonds is 2. The van der Waals surface area contributed by atoms with E-state index in [2.05, 4.69) is 4.98 Å². The molecule has 4 rings (SSSR count). The van der Waals surface area contributed by atoms with Crippen molar-refractivity contribution in [1.82, 2.24) is 9.38 Å². The van der Waals surface area contributed by atoms with Crippen LogP contribution in [-0.4, -0.2) is 16.5 Å². The lowest BCUT2D eigenvalue weighted by atomic mass is 10.2. The second-order valence-electron chi connectivity index (χ2n) is 4.90. The number of benzene rings is 2. The molecule has 0 unspecified atom stereocenters. The molecule has 5 heteroatoms. The van der Waals surface area contributed by atoms with E-state index in [-0.39, 0.29) is 5.56 Å². The third-order valence-electron chi connectivity index (χ3n) is 3.58. The van der Waals surface area contributed by atoms with Crippen molar-refractivity contribution < 1.29 is 4.74 Å². The molecule has 2 aromatic heterocycles. The normalized spacial score (nSPS) is 11.1. The zero-order valence-electron chi connectivity index (χ0n) is 11.8. The molecule has 2 aromatic carbocycles. The summed E-state index contributed by atoms with van der Waals surface area (Å²) in [5, 5.41) is 0. The summed E-state index contributed by atoms with van der Waals surface area (Å²) in [5.41, 5.74) is 2.61. The van der Waals surface area contributed by atoms with Crippen molar-refractivity contribution in [2.75, 3.05) is 7.11 Å². The molecular weight excluding hydrogens is 296 g/mol. The Morgan fingerprint density at radius 1 is 1.09 bits per heavy atom. The van der Waals surface area contributed by atoms with Gasteiger partial charge in [0.15, 0.2) is 4.96 Å². The van der Waals surface area contributed by atoms with Gasteiger partial charge < -0.3 is 4.74 Å². The maximum atomic E-state index is 12.5. The third-order valence-corrected chi connectivity index (χ3v) is 4.61. The minimum absolute atomic E-state index is 0.0618. The van der Waals surface area contributed by atoms with E-state index in [1.807, 2.05) is 48.5 Å². The van der Waals surface area contributed by atoms with Gasteiger partial charge in [0.2, 0.25) is 0 Å². The van der Waals surface area contributed by atoms with Crippen molar-refractivity contribution in [2.45, 2.75) is 0 Å². The van der Waals surface area contributed by atoms with Crippen LogP contribution in [0.5, 0.6) is 5.75 Å². The van der Waals surface area contributed by atoms with E-state index in [0.717, 1.165) is 27.2 Å². The predicted octanol–water partition coefficient (Wildman–Crippen LogP) is 3.58. The van der Waals surface area contributed by atoms with Gasteiger partial charge in [0.05, 0.1) is 18.1 Å². The highest BCUT2D eigenvalue weighted by Gasteiger charge is 2.10. The van der Waals surface area contributed by atoms with Gasteiger partial charge in [-0.15, -0.1) is 0 Å². The molecule has 0 radical (unpaired) electrons. The first-order valence-corrected chi connectivity index (χ1v) is 7.64. The number of para-hydroxylation sites is 2. The molecule has 0 saturated carbocycles. The average Bonchev–Trinajstić information content (AvgIpc) is 2.93. The number of methoxy groups -OCH3 is 1. The summed E-state index contributed by atoms with van der Waals surface area (Å²) in [7, 11) is 1.63. The second kappa shape index (κ2) is 4.96. The largest absolute Gasteiger partial charge is 0.497 e. The quantitative estimate of drug-likeness (QED) is 0.568. The zero-order chi connectivity index (χ0) is 15.1. The Kier molecular flexibility index (Phi) is 2.94. The van der Waals surface area contributed by atoms with Crippen LogP contribution in [0.15, 0.2) is 59.4 Å². The minimum atomic E-state index is -0.0618. The van der Waals surface area contributed by atoms with Crippen LogP contribution in [0.4, 0.5) is 0 Å². The molecule has 0 amide bonds. The van der Waals surface area contributed by atoms with Gasteiger partial charge in [-0.2, -0.15) is 0 Å². The van der Waals surface area contributed by atoms with E-state index in [9.17, 15) is 4.79 Å². The smallest absolute Gasteiger partial charge is 0.258 e. The van der Waals surface area contributed by atoms with E-state index in [4.69, 9.17) is 4.74 Å². The highest BCUT2D eigenvalue weighted by molar-refractivity contribution is 7.20. The molecule has 0 aliphatic rings. The lowest BCUT2D eigenvalue weighted by molar-refractivity contribution is 0.415. The van der Waals surface area contributed by atoms with Crippen molar-refractivity contribution in [2.24, 2.45) is 0 Å². The first-order chi connectivity index (χ1) is 10.8. The molecule has 0 bridgehead atoms. The molecule has 0 atom stereocenters. The summed E-state index contributed by atoms with van der Waals surface area (Å²) in [6, 6.07) is 17.0. The molecule has 0 aliphatic carbocycles. The van der Waals surface area contributed by atoms with Gasteiger partial charge in [-0.05, 0) is 42.0 Å². The van der Waals surface area contributed by atoms with E-state index in [0.29, 0.717) is 4.96 Å². The molecule has 2 heterocycles. The SMILES string of the molecule is COc1ccc(-c2cc(=O)n3c(nc4ccccc43)s2)cc1. The fraction of sp³-hybridized carbons (Fsp3) is 0.0588. The third kappa shape index (κ3) is 1.98. The summed E-state index contributed by atoms with van der Waals surface area (Å²) in [6.45, 7) is 0. The Balaban J connectivity index is 1.96. The molecule has 0 N–H and O–H groups in total. The Bertz CT molecular complexity index is 1030. The number of aromatic nitrogens is 2. The van der Waals surface area contributed by atoms with Gasteiger partial charge in [0.1, 0.15) is 5.75 Å². The van der Waals surface area contributed by atoms with Gasteiger partial charge in [-0.1, -0.05) is 23.5 Å². The van der Waals surface area contributed by atoms with Crippen molar-refractivity contribution in [3.8, 4) is 16.2 Å². The van der Waals surface area contributed by atoms with Gasteiger partial charge >= 0.3 is 0 Å². The van der Waals surface area contributed by atoms with E-state index in [1.54, 1.807) is 17.6 Å². The van der Waals surface area contributed by atoms with Crippen LogP contribution in [0.2, 0.25) is 0 Å². The molecule has 0 fully saturated rings. The summed E-state index contributed by atoms with van der Waals surface area (Å²) in [4.78, 5) is 18.6. The first kappa shape index (κ1) is 13.0. The van der Waals surface area contributed by atoms with E-state index < -0.39 is 0 Å². The number of hydrogen-bond acceptors (Lipinski definition) is 4. The Morgan fingerprint density at radius 2 is 1.86 bits per heavy atom. The van der Waals surface area contributed by atoms with Crippen molar-refractivity contribution in [3.63, 3.8) is 0 Å². The van der Waals surface area contributed by atoms with Gasteiger partial charge in [-0.25, -0.2) is 4.98 Å². The van der Waals surface area contributed by atoms with Gasteiger partial charge in [0.25, 0.3) is 5.56 Å². The van der Waals surface area contributed by atoms with Crippen LogP contribution in [0.25, 0.3) is 26.4 Å². The standard InChI is InChI=1S/C17H12N2O2S/c1-21-12-8-6-11(7-9-12)15-10-16(20)19-14-5-3-2-4-13(14)18-17(19)22-15/h2-10H,1H3. The van der Waals surface area contributed by atoms with Crippen LogP contribution in [0.3, 0.4) is 0 Å². The van der Waals surface area contributed by atoms with Gasteiger partial charge in [-0.3, -0.25) is 9.20 Å². The summed E-state index contributed by atoms with van der Waals surface area (Å²) < 4.78 is 6.82. The lowest BCUT2D eigenvalue weighted by Crippen LogP contribution is -2.09. The Morgan fingerprint density at radius 3 is 2.64 bits per heavy atom. The lowest BCUT2D eigenvalue weighted by Gasteiger charge is -2.03. The van der Waals surface area contributed by atoms with Gasteiger partial charge in [0, 0.05) is 10.9 Å². The molecule has 108 valence electrons. The fourth-order valence-electron chi connectivity index (χ4n) is 2.49. The molecule has 0 saturated heterocycles. The van der Waals surface area contributed by atoms with Crippen LogP contribution in [-0.2, 0) is 0 Å². The van der Waals surface area contributed by atoms with E-state index >= 15 is 0 Å². The highest BCUT2D eigenvalue weighted by atomic mass is 32.1. The summed E-state index contributed by atoms with van der Waals surface area (Å²) >= 11 is 1.50. The van der Waals surface area contributed by atoms with Crippen molar-refractivity contribution >= 4 is 27.3 Å². The average molecular weight is 308 g/mol. The topological polar surface area (TPSA) is 43.6 Å². The Hall–Kier alpha value is -2.66. The zero-order valence-corrected chi connectivity index (χ0v) is 12.6. The monoisotopic (exact) mass is 308 g/mol. The second-order valence-corrected chi connectivity index (χ2v) is 5.90. The number of imidazole rings is 1. The highest BCUT2D eigenvalue weighted by Crippen LogP contribution is 2.28. The fourth-order valence-corrected chi connectivity index (χ4v) is 3.52. The predicted molar refractivity (Wildman–Crippen MR) is 88.8 cm³/mol. The van der Waals surface area contributed by atoms with Crippen molar-refractivity contribution in [1.29, 1.82) is 0 Å². The maximum Gasteiger partial charge on any atom is 0.258 e. The first-order valence-electron chi connectivity index (χ1n) is 6.82. The number of nitrogens with zero attached hydrogens (tertiary/aromatic N) is 2. The van der Waals surface area contributed by atoms with Crippen LogP contribution >= 0.6 is 11.3 Å². The van der Waals surface area contributed by atoms with Crippen LogP contribution in [0, 0.1) is 0 Å². The molecule has 0 spiro atoms. The maximum absolute atomic E-state index is 12.5. The molecular formula is C17H12N2O2S. The van der Waals surface area contributed by atoms with Crippen molar-refractivity contribution in [3.05, 3.63) is 65.0 Å². The van der Waals surface area contributed by atoms with Crippen LogP contribution in [0.1, 0.15) is 0 Å². The number of hydrogen-bond donors (Lipinski definition) is 0. The molecule has 0 aliphatic heterocycles. The Labute approximate surface area is 130 Å².